The van der Waals surface area contributed by atoms with Crippen molar-refractivity contribution in [1.29, 1.82) is 0 Å². The first kappa shape index (κ1) is 23.0. The zero-order valence-corrected chi connectivity index (χ0v) is 18.9. The molecule has 1 N–H and O–H groups in total. The Labute approximate surface area is 196 Å². The molecule has 1 saturated heterocycles. The van der Waals surface area contributed by atoms with Gasteiger partial charge in [0.05, 0.1) is 4.92 Å². The maximum Gasteiger partial charge on any atom is 0.514 e. The van der Waals surface area contributed by atoms with Gasteiger partial charge in [-0.05, 0) is 49.7 Å². The Morgan fingerprint density at radius 3 is 2.71 bits per heavy atom. The highest BCUT2D eigenvalue weighted by molar-refractivity contribution is 5.72. The van der Waals surface area contributed by atoms with Crippen LogP contribution >= 0.6 is 0 Å². The molecule has 3 aliphatic carbocycles. The molecule has 4 aliphatic rings. The van der Waals surface area contributed by atoms with E-state index in [-0.39, 0.29) is 29.2 Å². The maximum atomic E-state index is 12.3. The van der Waals surface area contributed by atoms with Gasteiger partial charge in [0, 0.05) is 50.8 Å². The van der Waals surface area contributed by atoms with Gasteiger partial charge in [-0.3, -0.25) is 14.9 Å². The molecular formula is C23H28N2O9. The van der Waals surface area contributed by atoms with E-state index in [2.05, 4.69) is 5.32 Å². The fraction of sp³-hybridized carbons (Fsp3) is 0.652. The van der Waals surface area contributed by atoms with Gasteiger partial charge in [-0.15, -0.1) is 0 Å². The number of ether oxygens (including phenoxy) is 3. The summed E-state index contributed by atoms with van der Waals surface area (Å²) in [5, 5.41) is 13.7. The molecule has 0 unspecified atom stereocenters. The number of nitro benzene ring substituents is 1. The largest absolute Gasteiger partial charge is 0.514 e. The van der Waals surface area contributed by atoms with Crippen molar-refractivity contribution in [3.63, 3.8) is 0 Å². The normalized spacial score (nSPS) is 36.0. The van der Waals surface area contributed by atoms with Crippen molar-refractivity contribution in [2.75, 3.05) is 6.54 Å². The van der Waals surface area contributed by atoms with Gasteiger partial charge in [-0.25, -0.2) is 4.79 Å². The zero-order chi connectivity index (χ0) is 23.9. The minimum Gasteiger partial charge on any atom is -0.430 e. The number of non-ortho nitro benzene ring substituents is 1. The molecule has 1 aliphatic heterocycles. The molecule has 1 aromatic carbocycles. The topological polar surface area (TPSA) is 135 Å². The third-order valence-corrected chi connectivity index (χ3v) is 7.37. The Kier molecular flexibility index (Phi) is 5.95. The maximum absolute atomic E-state index is 12.3. The first-order chi connectivity index (χ1) is 16.3. The SMILES string of the molecule is CC(=O)NC[C@@H]1C[C@@H]2C[C@H]1[C@]1(C2)OO[C@]2(CCC[C@@H](OC(=O)Oc3ccc([N+](=O)[O-])cc3)C2)O1. The second kappa shape index (κ2) is 8.79. The van der Waals surface area contributed by atoms with Crippen molar-refractivity contribution in [3.8, 4) is 5.75 Å². The summed E-state index contributed by atoms with van der Waals surface area (Å²) in [7, 11) is 0. The molecule has 1 aromatic rings. The number of fused-ring (bicyclic) bond motifs is 3. The smallest absolute Gasteiger partial charge is 0.430 e. The molecule has 2 bridgehead atoms. The molecule has 1 heterocycles. The molecule has 0 aromatic heterocycles. The second-order valence-corrected chi connectivity index (χ2v) is 9.78. The number of carbonyl (C=O) groups is 2. The molecule has 6 atom stereocenters. The zero-order valence-electron chi connectivity index (χ0n) is 18.9. The summed E-state index contributed by atoms with van der Waals surface area (Å²) in [6.45, 7) is 2.11. The van der Waals surface area contributed by atoms with Crippen molar-refractivity contribution in [2.45, 2.75) is 69.5 Å². The van der Waals surface area contributed by atoms with Gasteiger partial charge in [-0.1, -0.05) is 0 Å². The van der Waals surface area contributed by atoms with E-state index in [0.29, 0.717) is 31.7 Å². The molecule has 11 heteroatoms. The predicted octanol–water partition coefficient (Wildman–Crippen LogP) is 3.61. The molecular weight excluding hydrogens is 448 g/mol. The quantitative estimate of drug-likeness (QED) is 0.222. The van der Waals surface area contributed by atoms with Crippen LogP contribution < -0.4 is 10.1 Å². The lowest BCUT2D eigenvalue weighted by Crippen LogP contribution is -2.47. The Bertz CT molecular complexity index is 970. The Morgan fingerprint density at radius 1 is 1.21 bits per heavy atom. The van der Waals surface area contributed by atoms with Crippen LogP contribution in [0.4, 0.5) is 10.5 Å². The number of amides is 1. The number of benzene rings is 1. The van der Waals surface area contributed by atoms with E-state index in [9.17, 15) is 19.7 Å². The lowest BCUT2D eigenvalue weighted by molar-refractivity contribution is -0.384. The molecule has 34 heavy (non-hydrogen) atoms. The Morgan fingerprint density at radius 2 is 2.00 bits per heavy atom. The summed E-state index contributed by atoms with van der Waals surface area (Å²) in [5.74, 6) is -0.831. The molecule has 184 valence electrons. The summed E-state index contributed by atoms with van der Waals surface area (Å²) in [5.41, 5.74) is -0.0978. The monoisotopic (exact) mass is 476 g/mol. The summed E-state index contributed by atoms with van der Waals surface area (Å²) < 4.78 is 17.2. The molecule has 0 radical (unpaired) electrons. The highest BCUT2D eigenvalue weighted by Gasteiger charge is 2.66. The third kappa shape index (κ3) is 4.47. The van der Waals surface area contributed by atoms with E-state index in [0.717, 1.165) is 25.7 Å². The lowest BCUT2D eigenvalue weighted by atomic mass is 9.83. The van der Waals surface area contributed by atoms with Gasteiger partial charge in [-0.2, -0.15) is 9.78 Å². The van der Waals surface area contributed by atoms with E-state index in [4.69, 9.17) is 24.0 Å². The fourth-order valence-electron chi connectivity index (χ4n) is 6.02. The van der Waals surface area contributed by atoms with Crippen LogP contribution in [-0.2, 0) is 24.0 Å². The van der Waals surface area contributed by atoms with Gasteiger partial charge < -0.3 is 19.5 Å². The van der Waals surface area contributed by atoms with Crippen LogP contribution in [0.3, 0.4) is 0 Å². The number of nitro groups is 1. The first-order valence-corrected chi connectivity index (χ1v) is 11.7. The standard InChI is InChI=1S/C23H28N2O9/c1-14(26)24-13-16-9-15-10-20(16)23(11-15)32-22(33-34-23)8-2-3-19(12-22)31-21(27)30-18-6-4-17(5-7-18)25(28)29/h4-7,15-16,19-20H,2-3,8-13H2,1H3,(H,24,26)/t15-,16+,19-,20-,22+,23+/m1/s1. The third-order valence-electron chi connectivity index (χ3n) is 7.37. The first-order valence-electron chi connectivity index (χ1n) is 11.7. The molecule has 5 rings (SSSR count). The fourth-order valence-corrected chi connectivity index (χ4v) is 6.02. The molecule has 2 spiro atoms. The van der Waals surface area contributed by atoms with Gasteiger partial charge in [0.1, 0.15) is 11.9 Å². The number of carbonyl (C=O) groups excluding carboxylic acids is 2. The highest BCUT2D eigenvalue weighted by atomic mass is 17.3. The van der Waals surface area contributed by atoms with Crippen molar-refractivity contribution < 1.29 is 38.5 Å². The molecule has 4 fully saturated rings. The number of hydrogen-bond donors (Lipinski definition) is 1. The van der Waals surface area contributed by atoms with Crippen LogP contribution in [0, 0.1) is 27.9 Å². The predicted molar refractivity (Wildman–Crippen MR) is 114 cm³/mol. The van der Waals surface area contributed by atoms with Crippen LogP contribution in [0.5, 0.6) is 5.75 Å². The number of nitrogens with one attached hydrogen (secondary N) is 1. The van der Waals surface area contributed by atoms with E-state index in [1.807, 2.05) is 0 Å². The van der Waals surface area contributed by atoms with Crippen molar-refractivity contribution in [3.05, 3.63) is 34.4 Å². The number of rotatable bonds is 5. The van der Waals surface area contributed by atoms with Crippen molar-refractivity contribution >= 4 is 17.7 Å². The number of nitrogens with zero attached hydrogens (tertiary/aromatic N) is 1. The average Bonchev–Trinajstić information content (AvgIpc) is 3.45. The van der Waals surface area contributed by atoms with Crippen LogP contribution in [0.15, 0.2) is 24.3 Å². The minimum atomic E-state index is -0.987. The summed E-state index contributed by atoms with van der Waals surface area (Å²) in [6, 6.07) is 5.19. The van der Waals surface area contributed by atoms with Gasteiger partial charge in [0.25, 0.3) is 5.69 Å². The molecule has 11 nitrogen and oxygen atoms in total. The summed E-state index contributed by atoms with van der Waals surface area (Å²) in [6.07, 6.45) is 3.69. The second-order valence-electron chi connectivity index (χ2n) is 9.78. The van der Waals surface area contributed by atoms with E-state index in [1.165, 1.54) is 31.2 Å². The van der Waals surface area contributed by atoms with E-state index >= 15 is 0 Å². The average molecular weight is 476 g/mol. The van der Waals surface area contributed by atoms with Crippen LogP contribution in [-0.4, -0.2) is 41.2 Å². The van der Waals surface area contributed by atoms with Gasteiger partial charge in [0.2, 0.25) is 17.5 Å². The van der Waals surface area contributed by atoms with Crippen molar-refractivity contribution in [2.24, 2.45) is 17.8 Å². The molecule has 3 saturated carbocycles. The summed E-state index contributed by atoms with van der Waals surface area (Å²) >= 11 is 0. The van der Waals surface area contributed by atoms with Crippen LogP contribution in [0.2, 0.25) is 0 Å². The van der Waals surface area contributed by atoms with E-state index < -0.39 is 28.8 Å². The molecule has 1 amide bonds. The Hall–Kier alpha value is -2.76. The van der Waals surface area contributed by atoms with Crippen LogP contribution in [0.25, 0.3) is 0 Å². The van der Waals surface area contributed by atoms with E-state index in [1.54, 1.807) is 0 Å². The van der Waals surface area contributed by atoms with Gasteiger partial charge in [0.15, 0.2) is 0 Å². The highest BCUT2D eigenvalue weighted by Crippen LogP contribution is 2.61. The van der Waals surface area contributed by atoms with Crippen LogP contribution in [0.1, 0.15) is 51.9 Å². The minimum absolute atomic E-state index is 0.0503. The van der Waals surface area contributed by atoms with Crippen molar-refractivity contribution in [1.82, 2.24) is 5.32 Å². The summed E-state index contributed by atoms with van der Waals surface area (Å²) in [4.78, 5) is 45.6. The lowest BCUT2D eigenvalue weighted by Gasteiger charge is -2.38. The van der Waals surface area contributed by atoms with Gasteiger partial charge >= 0.3 is 6.16 Å². The number of hydrogen-bond acceptors (Lipinski definition) is 9. The Balaban J connectivity index is 1.18.